The van der Waals surface area contributed by atoms with Crippen molar-refractivity contribution in [3.05, 3.63) is 59.7 Å². The number of thioether (sulfide) groups is 1. The van der Waals surface area contributed by atoms with E-state index >= 15 is 0 Å². The van der Waals surface area contributed by atoms with Crippen molar-refractivity contribution in [2.75, 3.05) is 12.4 Å². The third-order valence-corrected chi connectivity index (χ3v) is 5.66. The highest BCUT2D eigenvalue weighted by Crippen LogP contribution is 2.27. The second kappa shape index (κ2) is 9.58. The lowest BCUT2D eigenvalue weighted by Gasteiger charge is -2.13. The molecule has 0 saturated heterocycles. The fraction of sp³-hybridized carbons (Fsp3) is 0.273. The highest BCUT2D eigenvalue weighted by molar-refractivity contribution is 8.00. The molecule has 8 heteroatoms. The Hall–Kier alpha value is -3.13. The van der Waals surface area contributed by atoms with Crippen LogP contribution in [-0.2, 0) is 11.3 Å². The van der Waals surface area contributed by atoms with Gasteiger partial charge in [0.15, 0.2) is 11.0 Å². The first kappa shape index (κ1) is 21.6. The minimum absolute atomic E-state index is 0.170. The van der Waals surface area contributed by atoms with E-state index in [0.717, 1.165) is 17.0 Å². The highest BCUT2D eigenvalue weighted by Gasteiger charge is 2.20. The third-order valence-electron chi connectivity index (χ3n) is 4.58. The maximum Gasteiger partial charge on any atom is 0.251 e. The van der Waals surface area contributed by atoms with E-state index in [-0.39, 0.29) is 11.8 Å². The van der Waals surface area contributed by atoms with Crippen molar-refractivity contribution in [3.8, 4) is 11.4 Å². The van der Waals surface area contributed by atoms with E-state index in [1.165, 1.54) is 11.8 Å². The van der Waals surface area contributed by atoms with E-state index in [0.29, 0.717) is 23.0 Å². The van der Waals surface area contributed by atoms with Gasteiger partial charge < -0.3 is 15.2 Å². The van der Waals surface area contributed by atoms with Crippen LogP contribution in [0.2, 0.25) is 0 Å². The summed E-state index contributed by atoms with van der Waals surface area (Å²) < 4.78 is 2.01. The summed E-state index contributed by atoms with van der Waals surface area (Å²) >= 11 is 1.35. The molecule has 30 heavy (non-hydrogen) atoms. The predicted octanol–water partition coefficient (Wildman–Crippen LogP) is 3.75. The van der Waals surface area contributed by atoms with Gasteiger partial charge in [-0.05, 0) is 45.0 Å². The summed E-state index contributed by atoms with van der Waals surface area (Å²) in [7, 11) is 1.57. The van der Waals surface area contributed by atoms with Gasteiger partial charge in [-0.15, -0.1) is 10.2 Å². The number of amides is 2. The molecule has 2 N–H and O–H groups in total. The van der Waals surface area contributed by atoms with Crippen molar-refractivity contribution < 1.29 is 9.59 Å². The van der Waals surface area contributed by atoms with Crippen LogP contribution in [0.1, 0.15) is 29.8 Å². The summed E-state index contributed by atoms with van der Waals surface area (Å²) in [4.78, 5) is 24.5. The van der Waals surface area contributed by atoms with Crippen molar-refractivity contribution in [1.29, 1.82) is 0 Å². The average Bonchev–Trinajstić information content (AvgIpc) is 3.15. The van der Waals surface area contributed by atoms with Gasteiger partial charge in [0.1, 0.15) is 0 Å². The Balaban J connectivity index is 1.74. The number of carbonyl (C=O) groups excluding carboxylic acids is 2. The molecule has 1 unspecified atom stereocenters. The molecule has 3 rings (SSSR count). The summed E-state index contributed by atoms with van der Waals surface area (Å²) in [5.74, 6) is 0.416. The molecule has 2 aromatic carbocycles. The first-order valence-electron chi connectivity index (χ1n) is 9.72. The van der Waals surface area contributed by atoms with Crippen LogP contribution < -0.4 is 10.6 Å². The van der Waals surface area contributed by atoms with Crippen molar-refractivity contribution in [2.45, 2.75) is 37.7 Å². The lowest BCUT2D eigenvalue weighted by Crippen LogP contribution is -2.23. The summed E-state index contributed by atoms with van der Waals surface area (Å²) in [5, 5.41) is 14.4. The first-order valence-corrected chi connectivity index (χ1v) is 10.6. The molecule has 0 aliphatic rings. The Morgan fingerprint density at radius 3 is 2.60 bits per heavy atom. The number of nitrogens with one attached hydrogen (secondary N) is 2. The zero-order valence-corrected chi connectivity index (χ0v) is 18.3. The third kappa shape index (κ3) is 4.88. The van der Waals surface area contributed by atoms with E-state index in [9.17, 15) is 9.59 Å². The van der Waals surface area contributed by atoms with Gasteiger partial charge in [-0.2, -0.15) is 0 Å². The van der Waals surface area contributed by atoms with Gasteiger partial charge in [0, 0.05) is 30.4 Å². The van der Waals surface area contributed by atoms with Crippen LogP contribution in [0, 0.1) is 6.92 Å². The maximum atomic E-state index is 12.7. The van der Waals surface area contributed by atoms with Crippen LogP contribution in [0.25, 0.3) is 11.4 Å². The van der Waals surface area contributed by atoms with Crippen LogP contribution in [0.5, 0.6) is 0 Å². The summed E-state index contributed by atoms with van der Waals surface area (Å²) in [6, 6.07) is 15.0. The SMILES string of the molecule is CCn1c(SC(C)C(=O)Nc2cccc(C(=O)NC)c2)nnc1-c1cccc(C)c1. The van der Waals surface area contributed by atoms with E-state index in [1.54, 1.807) is 31.3 Å². The van der Waals surface area contributed by atoms with Crippen LogP contribution in [0.15, 0.2) is 53.7 Å². The highest BCUT2D eigenvalue weighted by atomic mass is 32.2. The average molecular weight is 424 g/mol. The lowest BCUT2D eigenvalue weighted by molar-refractivity contribution is -0.115. The quantitative estimate of drug-likeness (QED) is 0.565. The molecule has 0 radical (unpaired) electrons. The zero-order valence-electron chi connectivity index (χ0n) is 17.5. The van der Waals surface area contributed by atoms with Gasteiger partial charge in [0.05, 0.1) is 5.25 Å². The van der Waals surface area contributed by atoms with Crippen molar-refractivity contribution >= 4 is 29.3 Å². The van der Waals surface area contributed by atoms with E-state index in [1.807, 2.05) is 43.5 Å². The fourth-order valence-electron chi connectivity index (χ4n) is 3.00. The molecule has 0 bridgehead atoms. The van der Waals surface area contributed by atoms with E-state index in [2.05, 4.69) is 26.9 Å². The molecule has 7 nitrogen and oxygen atoms in total. The molecule has 3 aromatic rings. The molecular weight excluding hydrogens is 398 g/mol. The number of benzene rings is 2. The predicted molar refractivity (Wildman–Crippen MR) is 120 cm³/mol. The Labute approximate surface area is 180 Å². The number of nitrogens with zero attached hydrogens (tertiary/aromatic N) is 3. The monoisotopic (exact) mass is 423 g/mol. The molecule has 156 valence electrons. The Bertz CT molecular complexity index is 1060. The molecule has 0 saturated carbocycles. The van der Waals surface area contributed by atoms with E-state index < -0.39 is 5.25 Å². The molecule has 0 spiro atoms. The summed E-state index contributed by atoms with van der Waals surface area (Å²) in [5.41, 5.74) is 3.22. The molecule has 2 amide bonds. The zero-order chi connectivity index (χ0) is 21.7. The number of hydrogen-bond acceptors (Lipinski definition) is 5. The molecule has 1 aromatic heterocycles. The molecule has 0 aliphatic carbocycles. The lowest BCUT2D eigenvalue weighted by atomic mass is 10.1. The number of rotatable bonds is 7. The van der Waals surface area contributed by atoms with Crippen LogP contribution in [0.4, 0.5) is 5.69 Å². The number of aryl methyl sites for hydroxylation is 1. The van der Waals surface area contributed by atoms with Crippen molar-refractivity contribution in [1.82, 2.24) is 20.1 Å². The van der Waals surface area contributed by atoms with Gasteiger partial charge in [-0.3, -0.25) is 9.59 Å². The largest absolute Gasteiger partial charge is 0.355 e. The Kier molecular flexibility index (Phi) is 6.89. The number of anilines is 1. The molecule has 1 heterocycles. The second-order valence-corrected chi connectivity index (χ2v) is 8.14. The normalized spacial score (nSPS) is 11.7. The summed E-state index contributed by atoms with van der Waals surface area (Å²) in [6.07, 6.45) is 0. The van der Waals surface area contributed by atoms with Gasteiger partial charge in [-0.1, -0.05) is 41.6 Å². The standard InChI is InChI=1S/C22H25N5O2S/c1-5-27-19(16-9-6-8-14(2)12-16)25-26-22(27)30-15(3)20(28)24-18-11-7-10-17(13-18)21(29)23-4/h6-13,15H,5H2,1-4H3,(H,23,29)(H,24,28). The second-order valence-electron chi connectivity index (χ2n) is 6.83. The molecular formula is C22H25N5O2S. The molecule has 0 aliphatic heterocycles. The maximum absolute atomic E-state index is 12.7. The van der Waals surface area contributed by atoms with Crippen molar-refractivity contribution in [3.63, 3.8) is 0 Å². The number of aromatic nitrogens is 3. The van der Waals surface area contributed by atoms with Crippen molar-refractivity contribution in [2.24, 2.45) is 0 Å². The Morgan fingerprint density at radius 2 is 1.90 bits per heavy atom. The number of carbonyl (C=O) groups is 2. The minimum atomic E-state index is -0.395. The van der Waals surface area contributed by atoms with Gasteiger partial charge in [0.25, 0.3) is 5.91 Å². The van der Waals surface area contributed by atoms with E-state index in [4.69, 9.17) is 0 Å². The minimum Gasteiger partial charge on any atom is -0.355 e. The van der Waals surface area contributed by atoms with Crippen LogP contribution in [-0.4, -0.2) is 38.9 Å². The van der Waals surface area contributed by atoms with Gasteiger partial charge in [0.2, 0.25) is 5.91 Å². The Morgan fingerprint density at radius 1 is 1.13 bits per heavy atom. The van der Waals surface area contributed by atoms with Gasteiger partial charge >= 0.3 is 0 Å². The topological polar surface area (TPSA) is 88.9 Å². The first-order chi connectivity index (χ1) is 14.4. The molecule has 0 fully saturated rings. The summed E-state index contributed by atoms with van der Waals surface area (Å²) in [6.45, 7) is 6.59. The smallest absolute Gasteiger partial charge is 0.251 e. The number of hydrogen-bond donors (Lipinski definition) is 2. The van der Waals surface area contributed by atoms with Gasteiger partial charge in [-0.25, -0.2) is 0 Å². The van der Waals surface area contributed by atoms with Crippen LogP contribution >= 0.6 is 11.8 Å². The molecule has 1 atom stereocenters. The van der Waals surface area contributed by atoms with Crippen LogP contribution in [0.3, 0.4) is 0 Å². The fourth-order valence-corrected chi connectivity index (χ4v) is 3.91.